The molecule has 1 rings (SSSR count). The molecule has 0 saturated carbocycles. The van der Waals surface area contributed by atoms with Crippen molar-refractivity contribution in [3.05, 3.63) is 33.9 Å². The first-order valence-electron chi connectivity index (χ1n) is 4.73. The first-order chi connectivity index (χ1) is 7.49. The molecule has 0 atom stereocenters. The fourth-order valence-corrected chi connectivity index (χ4v) is 1.51. The van der Waals surface area contributed by atoms with Gasteiger partial charge in [-0.3, -0.25) is 15.0 Å². The lowest BCUT2D eigenvalue weighted by atomic mass is 10.1. The van der Waals surface area contributed by atoms with Gasteiger partial charge in [0.15, 0.2) is 0 Å². The number of hydrogen-bond acceptors (Lipinski definition) is 3. The third-order valence-electron chi connectivity index (χ3n) is 2.24. The van der Waals surface area contributed by atoms with E-state index in [9.17, 15) is 14.9 Å². The molecule has 1 aromatic carbocycles. The van der Waals surface area contributed by atoms with E-state index in [4.69, 9.17) is 5.11 Å². The zero-order valence-corrected chi connectivity index (χ0v) is 9.01. The number of aryl methyl sites for hydroxylation is 1. The maximum Gasteiger partial charge on any atom is 0.412 e. The summed E-state index contributed by atoms with van der Waals surface area (Å²) in [5.41, 5.74) is 0.397. The van der Waals surface area contributed by atoms with Gasteiger partial charge in [0.25, 0.3) is 5.69 Å². The summed E-state index contributed by atoms with van der Waals surface area (Å²) < 4.78 is 0. The minimum absolute atomic E-state index is 0.111. The van der Waals surface area contributed by atoms with Gasteiger partial charge in [0.1, 0.15) is 5.69 Å². The Balaban J connectivity index is 3.37. The third kappa shape index (κ3) is 2.10. The third-order valence-corrected chi connectivity index (χ3v) is 2.24. The molecule has 0 fully saturated rings. The molecule has 6 nitrogen and oxygen atoms in total. The van der Waals surface area contributed by atoms with Crippen molar-refractivity contribution in [1.29, 1.82) is 0 Å². The standard InChI is InChI=1S/C10H12N2O4/c1-3-11(10(13)14)8-6-4-5-7(2)9(8)12(15)16/h4-6H,3H2,1-2H3,(H,13,14). The van der Waals surface area contributed by atoms with Crippen LogP contribution in [0, 0.1) is 17.0 Å². The summed E-state index contributed by atoms with van der Waals surface area (Å²) in [6.45, 7) is 3.37. The number of nitrogens with zero attached hydrogens (tertiary/aromatic N) is 2. The van der Waals surface area contributed by atoms with Crippen LogP contribution in [0.1, 0.15) is 12.5 Å². The number of amides is 1. The van der Waals surface area contributed by atoms with Gasteiger partial charge in [0.05, 0.1) is 4.92 Å². The second-order valence-corrected chi connectivity index (χ2v) is 3.23. The fourth-order valence-electron chi connectivity index (χ4n) is 1.51. The molecule has 0 heterocycles. The van der Waals surface area contributed by atoms with Crippen molar-refractivity contribution in [2.75, 3.05) is 11.4 Å². The van der Waals surface area contributed by atoms with E-state index in [0.29, 0.717) is 5.56 Å². The molecule has 0 aliphatic heterocycles. The van der Waals surface area contributed by atoms with Crippen molar-refractivity contribution in [2.45, 2.75) is 13.8 Å². The van der Waals surface area contributed by atoms with Crippen LogP contribution in [-0.2, 0) is 0 Å². The lowest BCUT2D eigenvalue weighted by Crippen LogP contribution is -2.29. The number of nitro benzene ring substituents is 1. The molecule has 0 saturated heterocycles. The Kier molecular flexibility index (Phi) is 3.44. The van der Waals surface area contributed by atoms with Crippen LogP contribution in [0.25, 0.3) is 0 Å². The predicted molar refractivity (Wildman–Crippen MR) is 58.9 cm³/mol. The van der Waals surface area contributed by atoms with E-state index in [-0.39, 0.29) is 17.9 Å². The number of carboxylic acid groups (broad SMARTS) is 1. The molecular weight excluding hydrogens is 212 g/mol. The highest BCUT2D eigenvalue weighted by Crippen LogP contribution is 2.31. The normalized spacial score (nSPS) is 9.88. The van der Waals surface area contributed by atoms with Crippen LogP contribution in [0.4, 0.5) is 16.2 Å². The highest BCUT2D eigenvalue weighted by Gasteiger charge is 2.24. The quantitative estimate of drug-likeness (QED) is 0.631. The Morgan fingerprint density at radius 1 is 1.56 bits per heavy atom. The second-order valence-electron chi connectivity index (χ2n) is 3.23. The molecule has 0 aliphatic carbocycles. The summed E-state index contributed by atoms with van der Waals surface area (Å²) in [6, 6.07) is 4.61. The zero-order valence-electron chi connectivity index (χ0n) is 9.01. The van der Waals surface area contributed by atoms with Crippen molar-refractivity contribution >= 4 is 17.5 Å². The lowest BCUT2D eigenvalue weighted by molar-refractivity contribution is -0.384. The van der Waals surface area contributed by atoms with E-state index in [1.165, 1.54) is 6.07 Å². The molecular formula is C10H12N2O4. The van der Waals surface area contributed by atoms with Crippen molar-refractivity contribution in [1.82, 2.24) is 0 Å². The molecule has 1 amide bonds. The molecule has 0 radical (unpaired) electrons. The van der Waals surface area contributed by atoms with E-state index >= 15 is 0 Å². The van der Waals surface area contributed by atoms with Crippen LogP contribution >= 0.6 is 0 Å². The summed E-state index contributed by atoms with van der Waals surface area (Å²) in [6.07, 6.45) is -1.20. The van der Waals surface area contributed by atoms with Gasteiger partial charge in [-0.25, -0.2) is 4.79 Å². The first kappa shape index (κ1) is 12.0. The van der Waals surface area contributed by atoms with Gasteiger partial charge in [-0.15, -0.1) is 0 Å². The molecule has 1 aromatic rings. The molecule has 0 spiro atoms. The minimum atomic E-state index is -1.20. The molecule has 0 aromatic heterocycles. The summed E-state index contributed by atoms with van der Waals surface area (Å²) in [5.74, 6) is 0. The largest absolute Gasteiger partial charge is 0.465 e. The smallest absolute Gasteiger partial charge is 0.412 e. The van der Waals surface area contributed by atoms with Crippen LogP contribution in [0.5, 0.6) is 0 Å². The van der Waals surface area contributed by atoms with Crippen molar-refractivity contribution in [3.8, 4) is 0 Å². The van der Waals surface area contributed by atoms with Crippen LogP contribution in [0.15, 0.2) is 18.2 Å². The molecule has 86 valence electrons. The van der Waals surface area contributed by atoms with Gasteiger partial charge in [-0.05, 0) is 19.9 Å². The van der Waals surface area contributed by atoms with Crippen molar-refractivity contribution in [3.63, 3.8) is 0 Å². The molecule has 0 bridgehead atoms. The monoisotopic (exact) mass is 224 g/mol. The first-order valence-corrected chi connectivity index (χ1v) is 4.73. The average Bonchev–Trinajstić information content (AvgIpc) is 2.17. The van der Waals surface area contributed by atoms with Gasteiger partial charge in [0.2, 0.25) is 0 Å². The van der Waals surface area contributed by atoms with Crippen molar-refractivity contribution in [2.24, 2.45) is 0 Å². The van der Waals surface area contributed by atoms with E-state index in [1.807, 2.05) is 0 Å². The van der Waals surface area contributed by atoms with E-state index in [2.05, 4.69) is 0 Å². The summed E-state index contributed by atoms with van der Waals surface area (Å²) in [5, 5.41) is 19.8. The predicted octanol–water partition coefficient (Wildman–Crippen LogP) is 2.41. The van der Waals surface area contributed by atoms with Gasteiger partial charge in [-0.1, -0.05) is 12.1 Å². The number of nitro groups is 1. The minimum Gasteiger partial charge on any atom is -0.465 e. The molecule has 16 heavy (non-hydrogen) atoms. The Hall–Kier alpha value is -2.11. The Morgan fingerprint density at radius 3 is 2.62 bits per heavy atom. The Morgan fingerprint density at radius 2 is 2.19 bits per heavy atom. The Labute approximate surface area is 92.3 Å². The highest BCUT2D eigenvalue weighted by atomic mass is 16.6. The second kappa shape index (κ2) is 4.61. The van der Waals surface area contributed by atoms with Gasteiger partial charge in [-0.2, -0.15) is 0 Å². The lowest BCUT2D eigenvalue weighted by Gasteiger charge is -2.17. The maximum absolute atomic E-state index is 10.9. The molecule has 0 unspecified atom stereocenters. The number of rotatable bonds is 3. The van der Waals surface area contributed by atoms with E-state index in [0.717, 1.165) is 4.90 Å². The van der Waals surface area contributed by atoms with Crippen molar-refractivity contribution < 1.29 is 14.8 Å². The van der Waals surface area contributed by atoms with Gasteiger partial charge >= 0.3 is 6.09 Å². The molecule has 1 N–H and O–H groups in total. The molecule has 6 heteroatoms. The van der Waals surface area contributed by atoms with Crippen LogP contribution < -0.4 is 4.90 Å². The maximum atomic E-state index is 10.9. The van der Waals surface area contributed by atoms with Crippen LogP contribution in [0.2, 0.25) is 0 Å². The number of benzene rings is 1. The topological polar surface area (TPSA) is 83.7 Å². The van der Waals surface area contributed by atoms with Gasteiger partial charge < -0.3 is 5.11 Å². The summed E-state index contributed by atoms with van der Waals surface area (Å²) >= 11 is 0. The number of hydrogen-bond donors (Lipinski definition) is 1. The summed E-state index contributed by atoms with van der Waals surface area (Å²) in [4.78, 5) is 22.2. The summed E-state index contributed by atoms with van der Waals surface area (Å²) in [7, 11) is 0. The number of anilines is 1. The zero-order chi connectivity index (χ0) is 12.3. The van der Waals surface area contributed by atoms with Gasteiger partial charge in [0, 0.05) is 12.1 Å². The fraction of sp³-hybridized carbons (Fsp3) is 0.300. The Bertz CT molecular complexity index is 431. The molecule has 0 aliphatic rings. The van der Waals surface area contributed by atoms with Crippen LogP contribution in [0.3, 0.4) is 0 Å². The SMILES string of the molecule is CCN(C(=O)O)c1cccc(C)c1[N+](=O)[O-]. The van der Waals surface area contributed by atoms with E-state index in [1.54, 1.807) is 26.0 Å². The average molecular weight is 224 g/mol. The highest BCUT2D eigenvalue weighted by molar-refractivity contribution is 5.89. The number of carbonyl (C=O) groups is 1. The van der Waals surface area contributed by atoms with Crippen LogP contribution in [-0.4, -0.2) is 22.7 Å². The number of para-hydroxylation sites is 1. The van der Waals surface area contributed by atoms with E-state index < -0.39 is 11.0 Å².